The van der Waals surface area contributed by atoms with Gasteiger partial charge in [0.05, 0.1) is 0 Å². The van der Waals surface area contributed by atoms with Crippen LogP contribution in [0.2, 0.25) is 5.02 Å². The van der Waals surface area contributed by atoms with Crippen molar-refractivity contribution in [2.24, 2.45) is 0 Å². The van der Waals surface area contributed by atoms with Gasteiger partial charge in [0.25, 0.3) is 5.91 Å². The Morgan fingerprint density at radius 3 is 2.47 bits per heavy atom. The molecule has 0 N–H and O–H groups in total. The predicted molar refractivity (Wildman–Crippen MR) is 73.7 cm³/mol. The Kier molecular flexibility index (Phi) is 3.62. The second-order valence-corrected chi connectivity index (χ2v) is 5.15. The normalized spacial score (nSPS) is 11.4. The summed E-state index contributed by atoms with van der Waals surface area (Å²) in [4.78, 5) is 16.4. The number of ether oxygens (including phenoxy) is 1. The van der Waals surface area contributed by atoms with E-state index in [1.807, 2.05) is 0 Å². The summed E-state index contributed by atoms with van der Waals surface area (Å²) in [5.41, 5.74) is -0.987. The molecule has 1 heterocycles. The van der Waals surface area contributed by atoms with Gasteiger partial charge in [0, 0.05) is 17.4 Å². The number of aryl methyl sites for hydroxylation is 1. The maximum atomic E-state index is 12.4. The molecule has 0 saturated carbocycles. The number of nitrogens with zero attached hydrogens (tertiary/aromatic N) is 2. The lowest BCUT2D eigenvalue weighted by Gasteiger charge is -2.25. The van der Waals surface area contributed by atoms with Gasteiger partial charge in [-0.15, -0.1) is 0 Å². The van der Waals surface area contributed by atoms with Crippen LogP contribution in [0.3, 0.4) is 0 Å². The third-order valence-electron chi connectivity index (χ3n) is 2.75. The average molecular weight is 279 g/mol. The van der Waals surface area contributed by atoms with Crippen molar-refractivity contribution in [3.05, 3.63) is 47.5 Å². The van der Waals surface area contributed by atoms with Gasteiger partial charge in [-0.05, 0) is 45.0 Å². The molecular weight excluding hydrogens is 264 g/mol. The Morgan fingerprint density at radius 2 is 1.95 bits per heavy atom. The fourth-order valence-electron chi connectivity index (χ4n) is 1.72. The van der Waals surface area contributed by atoms with Crippen LogP contribution in [0.4, 0.5) is 0 Å². The van der Waals surface area contributed by atoms with Gasteiger partial charge in [-0.1, -0.05) is 11.6 Å². The fraction of sp³-hybridized carbons (Fsp3) is 0.286. The number of rotatable bonds is 3. The molecule has 0 bridgehead atoms. The first-order valence-corrected chi connectivity index (χ1v) is 6.27. The zero-order valence-corrected chi connectivity index (χ0v) is 11.8. The zero-order valence-electron chi connectivity index (χ0n) is 11.1. The van der Waals surface area contributed by atoms with Crippen LogP contribution >= 0.6 is 11.6 Å². The summed E-state index contributed by atoms with van der Waals surface area (Å²) in [5, 5.41) is 0.627. The summed E-state index contributed by atoms with van der Waals surface area (Å²) in [5.74, 6) is 1.07. The first kappa shape index (κ1) is 13.6. The lowest BCUT2D eigenvalue weighted by molar-refractivity contribution is 0.0485. The van der Waals surface area contributed by atoms with Gasteiger partial charge in [-0.25, -0.2) is 4.98 Å². The molecule has 0 saturated heterocycles. The molecular formula is C14H15ClN2O2. The quantitative estimate of drug-likeness (QED) is 0.865. The standard InChI is InChI=1S/C14H15ClN2O2/c1-10-16-8-9-17(10)13(18)14(2,3)19-12-6-4-11(15)5-7-12/h4-9H,1-3H3. The van der Waals surface area contributed by atoms with E-state index in [9.17, 15) is 4.79 Å². The molecule has 4 nitrogen and oxygen atoms in total. The van der Waals surface area contributed by atoms with Gasteiger partial charge >= 0.3 is 0 Å². The number of hydrogen-bond acceptors (Lipinski definition) is 3. The van der Waals surface area contributed by atoms with Crippen LogP contribution in [0.5, 0.6) is 5.75 Å². The SMILES string of the molecule is Cc1nccn1C(=O)C(C)(C)Oc1ccc(Cl)cc1. The summed E-state index contributed by atoms with van der Waals surface area (Å²) >= 11 is 5.81. The van der Waals surface area contributed by atoms with Crippen LogP contribution in [0.1, 0.15) is 24.5 Å². The van der Waals surface area contributed by atoms with Crippen LogP contribution in [-0.2, 0) is 0 Å². The topological polar surface area (TPSA) is 44.1 Å². The average Bonchev–Trinajstić information content (AvgIpc) is 2.77. The van der Waals surface area contributed by atoms with Crippen molar-refractivity contribution in [1.29, 1.82) is 0 Å². The summed E-state index contributed by atoms with van der Waals surface area (Å²) in [7, 11) is 0. The van der Waals surface area contributed by atoms with Gasteiger partial charge < -0.3 is 4.74 Å². The lowest BCUT2D eigenvalue weighted by Crippen LogP contribution is -2.42. The van der Waals surface area contributed by atoms with E-state index in [1.54, 1.807) is 57.4 Å². The van der Waals surface area contributed by atoms with Gasteiger partial charge in [-0.2, -0.15) is 0 Å². The highest BCUT2D eigenvalue weighted by Crippen LogP contribution is 2.22. The first-order valence-electron chi connectivity index (χ1n) is 5.89. The van der Waals surface area contributed by atoms with Crippen molar-refractivity contribution >= 4 is 17.5 Å². The smallest absolute Gasteiger partial charge is 0.275 e. The lowest BCUT2D eigenvalue weighted by atomic mass is 10.1. The van der Waals surface area contributed by atoms with Crippen LogP contribution < -0.4 is 4.74 Å². The van der Waals surface area contributed by atoms with Gasteiger partial charge in [-0.3, -0.25) is 9.36 Å². The van der Waals surface area contributed by atoms with Crippen molar-refractivity contribution in [2.75, 3.05) is 0 Å². The van der Waals surface area contributed by atoms with E-state index < -0.39 is 5.60 Å². The van der Waals surface area contributed by atoms with Crippen molar-refractivity contribution in [3.63, 3.8) is 0 Å². The molecule has 0 unspecified atom stereocenters. The Labute approximate surface area is 117 Å². The van der Waals surface area contributed by atoms with Crippen LogP contribution in [-0.4, -0.2) is 21.1 Å². The summed E-state index contributed by atoms with van der Waals surface area (Å²) in [6.07, 6.45) is 3.22. The predicted octanol–water partition coefficient (Wildman–Crippen LogP) is 3.34. The van der Waals surface area contributed by atoms with Gasteiger partial charge in [0.2, 0.25) is 0 Å². The minimum Gasteiger partial charge on any atom is -0.478 e. The number of hydrogen-bond donors (Lipinski definition) is 0. The molecule has 1 aromatic heterocycles. The van der Waals surface area contributed by atoms with Gasteiger partial charge in [0.15, 0.2) is 5.60 Å². The highest BCUT2D eigenvalue weighted by molar-refractivity contribution is 6.30. The maximum Gasteiger partial charge on any atom is 0.275 e. The second kappa shape index (κ2) is 5.05. The van der Waals surface area contributed by atoms with E-state index in [2.05, 4.69) is 4.98 Å². The minimum absolute atomic E-state index is 0.169. The largest absolute Gasteiger partial charge is 0.478 e. The van der Waals surface area contributed by atoms with Gasteiger partial charge in [0.1, 0.15) is 11.6 Å². The third-order valence-corrected chi connectivity index (χ3v) is 3.00. The molecule has 0 atom stereocenters. The highest BCUT2D eigenvalue weighted by atomic mass is 35.5. The monoisotopic (exact) mass is 278 g/mol. The summed E-state index contributed by atoms with van der Waals surface area (Å²) < 4.78 is 7.22. The molecule has 5 heteroatoms. The van der Waals surface area contributed by atoms with Crippen molar-refractivity contribution in [3.8, 4) is 5.75 Å². The number of benzene rings is 1. The van der Waals surface area contributed by atoms with Crippen LogP contribution in [0, 0.1) is 6.92 Å². The number of aromatic nitrogens is 2. The molecule has 19 heavy (non-hydrogen) atoms. The molecule has 2 rings (SSSR count). The van der Waals surface area contributed by atoms with Crippen molar-refractivity contribution in [2.45, 2.75) is 26.4 Å². The molecule has 0 amide bonds. The fourth-order valence-corrected chi connectivity index (χ4v) is 1.85. The molecule has 0 aliphatic rings. The molecule has 1 aromatic carbocycles. The Morgan fingerprint density at radius 1 is 1.32 bits per heavy atom. The van der Waals surface area contributed by atoms with E-state index in [0.717, 1.165) is 0 Å². The molecule has 0 aliphatic heterocycles. The highest BCUT2D eigenvalue weighted by Gasteiger charge is 2.32. The van der Waals surface area contributed by atoms with E-state index in [1.165, 1.54) is 4.57 Å². The molecule has 0 spiro atoms. The number of imidazole rings is 1. The van der Waals surface area contributed by atoms with Crippen LogP contribution in [0.15, 0.2) is 36.7 Å². The summed E-state index contributed by atoms with van der Waals surface area (Å²) in [6, 6.07) is 6.91. The first-order chi connectivity index (χ1) is 8.90. The van der Waals surface area contributed by atoms with Crippen molar-refractivity contribution in [1.82, 2.24) is 9.55 Å². The third kappa shape index (κ3) is 2.96. The van der Waals surface area contributed by atoms with E-state index >= 15 is 0 Å². The van der Waals surface area contributed by atoms with E-state index in [-0.39, 0.29) is 5.91 Å². The molecule has 2 aromatic rings. The molecule has 0 aliphatic carbocycles. The molecule has 100 valence electrons. The Hall–Kier alpha value is -1.81. The molecule has 0 fully saturated rings. The van der Waals surface area contributed by atoms with E-state index in [4.69, 9.17) is 16.3 Å². The Bertz CT molecular complexity index is 588. The molecule has 0 radical (unpaired) electrons. The second-order valence-electron chi connectivity index (χ2n) is 4.72. The number of carbonyl (C=O) groups excluding carboxylic acids is 1. The maximum absolute atomic E-state index is 12.4. The van der Waals surface area contributed by atoms with E-state index in [0.29, 0.717) is 16.6 Å². The van der Waals surface area contributed by atoms with Crippen LogP contribution in [0.25, 0.3) is 0 Å². The zero-order chi connectivity index (χ0) is 14.0. The number of halogens is 1. The minimum atomic E-state index is -0.987. The van der Waals surface area contributed by atoms with Crippen molar-refractivity contribution < 1.29 is 9.53 Å². The summed E-state index contributed by atoms with van der Waals surface area (Å²) in [6.45, 7) is 5.23. The number of carbonyl (C=O) groups is 1. The Balaban J connectivity index is 2.20.